The van der Waals surface area contributed by atoms with Gasteiger partial charge in [0.15, 0.2) is 0 Å². The van der Waals surface area contributed by atoms with E-state index in [-0.39, 0.29) is 17.5 Å². The number of aryl methyl sites for hydroxylation is 1. The van der Waals surface area contributed by atoms with Gasteiger partial charge in [-0.15, -0.1) is 0 Å². The lowest BCUT2D eigenvalue weighted by Crippen LogP contribution is -2.42. The van der Waals surface area contributed by atoms with Gasteiger partial charge in [0.1, 0.15) is 11.9 Å². The Bertz CT molecular complexity index is 1440. The number of aromatic nitrogens is 2. The van der Waals surface area contributed by atoms with Crippen molar-refractivity contribution in [1.29, 1.82) is 5.26 Å². The minimum absolute atomic E-state index is 0.0113. The van der Waals surface area contributed by atoms with Gasteiger partial charge in [0.2, 0.25) is 0 Å². The molecule has 1 N–H and O–H groups in total. The van der Waals surface area contributed by atoms with Crippen LogP contribution in [-0.4, -0.2) is 39.9 Å². The quantitative estimate of drug-likeness (QED) is 0.440. The molecule has 1 fully saturated rings. The van der Waals surface area contributed by atoms with E-state index in [4.69, 9.17) is 0 Å². The predicted octanol–water partition coefficient (Wildman–Crippen LogP) is 5.33. The largest absolute Gasteiger partial charge is 0.382 e. The van der Waals surface area contributed by atoms with Crippen molar-refractivity contribution in [1.82, 2.24) is 14.9 Å². The van der Waals surface area contributed by atoms with E-state index in [9.17, 15) is 14.4 Å². The van der Waals surface area contributed by atoms with E-state index in [0.717, 1.165) is 46.1 Å². The van der Waals surface area contributed by atoms with E-state index in [1.807, 2.05) is 54.4 Å². The van der Waals surface area contributed by atoms with E-state index < -0.39 is 5.82 Å². The van der Waals surface area contributed by atoms with Crippen LogP contribution in [0.5, 0.6) is 0 Å². The number of amides is 1. The van der Waals surface area contributed by atoms with E-state index in [2.05, 4.69) is 15.3 Å². The van der Waals surface area contributed by atoms with Gasteiger partial charge in [0, 0.05) is 54.5 Å². The van der Waals surface area contributed by atoms with Crippen molar-refractivity contribution in [2.75, 3.05) is 18.4 Å². The van der Waals surface area contributed by atoms with Crippen LogP contribution in [0.1, 0.15) is 34.5 Å². The van der Waals surface area contributed by atoms with Crippen molar-refractivity contribution in [3.8, 4) is 17.2 Å². The number of anilines is 1. The highest BCUT2D eigenvalue weighted by Crippen LogP contribution is 2.32. The molecule has 174 valence electrons. The van der Waals surface area contributed by atoms with Crippen molar-refractivity contribution in [2.45, 2.75) is 25.8 Å². The van der Waals surface area contributed by atoms with Crippen molar-refractivity contribution >= 4 is 22.4 Å². The molecule has 0 bridgehead atoms. The Morgan fingerprint density at radius 1 is 1.09 bits per heavy atom. The number of nitrogens with zero attached hydrogens (tertiary/aromatic N) is 4. The molecule has 1 amide bonds. The number of nitrogens with one attached hydrogen (secondary N) is 1. The Morgan fingerprint density at radius 3 is 2.66 bits per heavy atom. The van der Waals surface area contributed by atoms with E-state index in [1.165, 1.54) is 6.07 Å². The van der Waals surface area contributed by atoms with Crippen LogP contribution in [0, 0.1) is 24.1 Å². The number of hydrogen-bond acceptors (Lipinski definition) is 5. The fourth-order valence-corrected chi connectivity index (χ4v) is 4.50. The van der Waals surface area contributed by atoms with Gasteiger partial charge in [-0.3, -0.25) is 14.8 Å². The standard InChI is InChI=1S/C28H24FN5O/c1-18-2-3-21(16-32-18)28(35)34-10-7-24(8-11-34)33-27-14-22(13-20-6-9-31-17-25(20)27)19-4-5-26(29)23(12-19)15-30/h2-6,9,12-14,16-17,24,33H,7-8,10-11H2,1H3. The van der Waals surface area contributed by atoms with Crippen LogP contribution in [0.25, 0.3) is 21.9 Å². The number of carbonyl (C=O) groups is 1. The summed E-state index contributed by atoms with van der Waals surface area (Å²) < 4.78 is 13.9. The third-order valence-electron chi connectivity index (χ3n) is 6.48. The van der Waals surface area contributed by atoms with Gasteiger partial charge < -0.3 is 10.2 Å². The zero-order valence-electron chi connectivity index (χ0n) is 19.3. The SMILES string of the molecule is Cc1ccc(C(=O)N2CCC(Nc3cc(-c4ccc(F)c(C#N)c4)cc4ccncc34)CC2)cn1. The maximum absolute atomic E-state index is 13.9. The van der Waals surface area contributed by atoms with Crippen molar-refractivity contribution in [3.05, 3.63) is 89.8 Å². The molecule has 1 saturated heterocycles. The first kappa shape index (κ1) is 22.5. The molecule has 6 nitrogen and oxygen atoms in total. The summed E-state index contributed by atoms with van der Waals surface area (Å²) in [5.74, 6) is -0.514. The average Bonchev–Trinajstić information content (AvgIpc) is 2.89. The molecule has 5 rings (SSSR count). The minimum atomic E-state index is -0.526. The van der Waals surface area contributed by atoms with Gasteiger partial charge in [0.25, 0.3) is 5.91 Å². The van der Waals surface area contributed by atoms with Gasteiger partial charge in [0.05, 0.1) is 11.1 Å². The second-order valence-corrected chi connectivity index (χ2v) is 8.83. The number of halogens is 1. The number of nitriles is 1. The lowest BCUT2D eigenvalue weighted by molar-refractivity contribution is 0.0718. The molecule has 35 heavy (non-hydrogen) atoms. The number of carbonyl (C=O) groups excluding carboxylic acids is 1. The summed E-state index contributed by atoms with van der Waals surface area (Å²) in [6.45, 7) is 3.21. The molecular weight excluding hydrogens is 441 g/mol. The molecule has 4 aromatic rings. The van der Waals surface area contributed by atoms with E-state index in [1.54, 1.807) is 24.5 Å². The first-order valence-corrected chi connectivity index (χ1v) is 11.6. The number of likely N-dealkylation sites (tertiary alicyclic amines) is 1. The van der Waals surface area contributed by atoms with Gasteiger partial charge in [-0.25, -0.2) is 4.39 Å². The van der Waals surface area contributed by atoms with Gasteiger partial charge in [-0.05, 0) is 78.7 Å². The monoisotopic (exact) mass is 465 g/mol. The van der Waals surface area contributed by atoms with Crippen LogP contribution in [0.4, 0.5) is 10.1 Å². The number of piperidine rings is 1. The summed E-state index contributed by atoms with van der Waals surface area (Å²) in [7, 11) is 0. The van der Waals surface area contributed by atoms with Gasteiger partial charge in [-0.1, -0.05) is 6.07 Å². The third-order valence-corrected chi connectivity index (χ3v) is 6.48. The summed E-state index contributed by atoms with van der Waals surface area (Å²) in [6.07, 6.45) is 6.83. The summed E-state index contributed by atoms with van der Waals surface area (Å²) in [4.78, 5) is 23.2. The van der Waals surface area contributed by atoms with Crippen LogP contribution in [-0.2, 0) is 0 Å². The number of rotatable bonds is 4. The van der Waals surface area contributed by atoms with Gasteiger partial charge >= 0.3 is 0 Å². The maximum Gasteiger partial charge on any atom is 0.255 e. The molecule has 0 unspecified atom stereocenters. The minimum Gasteiger partial charge on any atom is -0.382 e. The lowest BCUT2D eigenvalue weighted by atomic mass is 9.98. The molecule has 0 radical (unpaired) electrons. The first-order chi connectivity index (χ1) is 17.0. The molecule has 2 aromatic carbocycles. The molecule has 1 aliphatic rings. The molecule has 0 atom stereocenters. The number of pyridine rings is 2. The molecule has 0 spiro atoms. The highest BCUT2D eigenvalue weighted by molar-refractivity contribution is 5.97. The van der Waals surface area contributed by atoms with Crippen LogP contribution in [0.15, 0.2) is 67.1 Å². The Labute approximate surface area is 203 Å². The Morgan fingerprint density at radius 2 is 1.91 bits per heavy atom. The van der Waals surface area contributed by atoms with Crippen LogP contribution in [0.3, 0.4) is 0 Å². The fourth-order valence-electron chi connectivity index (χ4n) is 4.50. The second kappa shape index (κ2) is 9.51. The molecular formula is C28H24FN5O. The zero-order chi connectivity index (χ0) is 24.4. The van der Waals surface area contributed by atoms with E-state index in [0.29, 0.717) is 18.7 Å². The summed E-state index contributed by atoms with van der Waals surface area (Å²) >= 11 is 0. The maximum atomic E-state index is 13.9. The third kappa shape index (κ3) is 4.69. The topological polar surface area (TPSA) is 81.9 Å². The zero-order valence-corrected chi connectivity index (χ0v) is 19.3. The second-order valence-electron chi connectivity index (χ2n) is 8.83. The van der Waals surface area contributed by atoms with Crippen LogP contribution >= 0.6 is 0 Å². The van der Waals surface area contributed by atoms with E-state index >= 15 is 0 Å². The fraction of sp³-hybridized carbons (Fsp3) is 0.214. The highest BCUT2D eigenvalue weighted by atomic mass is 19.1. The first-order valence-electron chi connectivity index (χ1n) is 11.6. The molecule has 0 saturated carbocycles. The number of fused-ring (bicyclic) bond motifs is 1. The smallest absolute Gasteiger partial charge is 0.255 e. The van der Waals surface area contributed by atoms with Crippen LogP contribution in [0.2, 0.25) is 0 Å². The summed E-state index contributed by atoms with van der Waals surface area (Å²) in [5.41, 5.74) is 4.12. The van der Waals surface area contributed by atoms with Crippen molar-refractivity contribution in [2.24, 2.45) is 0 Å². The lowest BCUT2D eigenvalue weighted by Gasteiger charge is -2.33. The Hall–Kier alpha value is -4.31. The summed E-state index contributed by atoms with van der Waals surface area (Å²) in [5, 5.41) is 14.9. The Balaban J connectivity index is 1.36. The van der Waals surface area contributed by atoms with Crippen molar-refractivity contribution in [3.63, 3.8) is 0 Å². The number of hydrogen-bond donors (Lipinski definition) is 1. The highest BCUT2D eigenvalue weighted by Gasteiger charge is 2.24. The normalized spacial score (nSPS) is 14.0. The Kier molecular flexibility index (Phi) is 6.11. The van der Waals surface area contributed by atoms with Crippen molar-refractivity contribution < 1.29 is 9.18 Å². The molecule has 7 heteroatoms. The predicted molar refractivity (Wildman–Crippen MR) is 133 cm³/mol. The molecule has 3 heterocycles. The van der Waals surface area contributed by atoms with Gasteiger partial charge in [-0.2, -0.15) is 5.26 Å². The molecule has 1 aliphatic heterocycles. The molecule has 2 aromatic heterocycles. The average molecular weight is 466 g/mol. The molecule has 0 aliphatic carbocycles. The summed E-state index contributed by atoms with van der Waals surface area (Å²) in [6, 6.07) is 16.4. The number of benzene rings is 2. The van der Waals surface area contributed by atoms with Crippen LogP contribution < -0.4 is 5.32 Å².